The molecule has 1 amide bonds. The van der Waals surface area contributed by atoms with E-state index in [1.807, 2.05) is 0 Å². The van der Waals surface area contributed by atoms with Crippen LogP contribution in [0.4, 0.5) is 0 Å². The van der Waals surface area contributed by atoms with E-state index in [1.54, 1.807) is 4.90 Å². The van der Waals surface area contributed by atoms with Crippen LogP contribution in [0.25, 0.3) is 0 Å². The quantitative estimate of drug-likeness (QED) is 0.673. The maximum absolute atomic E-state index is 12.2. The van der Waals surface area contributed by atoms with Crippen molar-refractivity contribution in [2.45, 2.75) is 25.3 Å². The Morgan fingerprint density at radius 2 is 1.68 bits per heavy atom. The largest absolute Gasteiger partial charge is 0.340 e. The number of amides is 1. The highest BCUT2D eigenvalue weighted by molar-refractivity contribution is 7.86. The van der Waals surface area contributed by atoms with Gasteiger partial charge in [-0.15, -0.1) is 12.4 Å². The fourth-order valence-electron chi connectivity index (χ4n) is 2.69. The average molecular weight is 313 g/mol. The Morgan fingerprint density at radius 3 is 2.11 bits per heavy atom. The zero-order valence-corrected chi connectivity index (χ0v) is 12.3. The van der Waals surface area contributed by atoms with E-state index in [0.717, 1.165) is 19.3 Å². The first-order valence-electron chi connectivity index (χ1n) is 6.22. The van der Waals surface area contributed by atoms with Gasteiger partial charge in [0.05, 0.1) is 5.92 Å². The van der Waals surface area contributed by atoms with Crippen molar-refractivity contribution in [3.63, 3.8) is 0 Å². The number of nitrogens with two attached hydrogens (primary N) is 2. The topological polar surface area (TPSA) is 110 Å². The van der Waals surface area contributed by atoms with Gasteiger partial charge in [-0.2, -0.15) is 12.7 Å². The molecule has 0 aromatic rings. The third-order valence-electron chi connectivity index (χ3n) is 3.80. The highest BCUT2D eigenvalue weighted by Gasteiger charge is 2.35. The summed E-state index contributed by atoms with van der Waals surface area (Å²) in [4.78, 5) is 13.9. The Bertz CT molecular complexity index is 422. The molecule has 2 atom stereocenters. The molecule has 2 aliphatic rings. The SMILES string of the molecule is Cl.NC1CCCC1C(=O)N1CCN(S(N)(=O)=O)CC1. The molecule has 2 rings (SSSR count). The first-order valence-corrected chi connectivity index (χ1v) is 7.72. The predicted octanol–water partition coefficient (Wildman–Crippen LogP) is -1.12. The van der Waals surface area contributed by atoms with Crippen LogP contribution in [-0.4, -0.2) is 55.8 Å². The lowest BCUT2D eigenvalue weighted by molar-refractivity contribution is -0.136. The van der Waals surface area contributed by atoms with Crippen LogP contribution >= 0.6 is 12.4 Å². The van der Waals surface area contributed by atoms with Crippen LogP contribution in [0.2, 0.25) is 0 Å². The minimum absolute atomic E-state index is 0. The monoisotopic (exact) mass is 312 g/mol. The van der Waals surface area contributed by atoms with Crippen LogP contribution in [0.15, 0.2) is 0 Å². The van der Waals surface area contributed by atoms with Gasteiger partial charge in [-0.3, -0.25) is 4.79 Å². The van der Waals surface area contributed by atoms with Crippen molar-refractivity contribution >= 4 is 28.5 Å². The van der Waals surface area contributed by atoms with Crippen LogP contribution in [0, 0.1) is 5.92 Å². The summed E-state index contributed by atoms with van der Waals surface area (Å²) < 4.78 is 23.5. The molecule has 0 bridgehead atoms. The molecule has 9 heteroatoms. The second kappa shape index (κ2) is 6.36. The summed E-state index contributed by atoms with van der Waals surface area (Å²) in [6.45, 7) is 1.34. The fraction of sp³-hybridized carbons (Fsp3) is 0.900. The van der Waals surface area contributed by atoms with Crippen molar-refractivity contribution < 1.29 is 13.2 Å². The van der Waals surface area contributed by atoms with Gasteiger partial charge in [-0.05, 0) is 12.8 Å². The van der Waals surface area contributed by atoms with E-state index in [-0.39, 0.29) is 43.4 Å². The number of halogens is 1. The summed E-state index contributed by atoms with van der Waals surface area (Å²) in [6.07, 6.45) is 2.73. The zero-order chi connectivity index (χ0) is 13.3. The lowest BCUT2D eigenvalue weighted by Crippen LogP contribution is -2.54. The third-order valence-corrected chi connectivity index (χ3v) is 4.88. The molecule has 19 heavy (non-hydrogen) atoms. The van der Waals surface area contributed by atoms with E-state index in [4.69, 9.17) is 10.9 Å². The molecule has 1 heterocycles. The normalized spacial score (nSPS) is 29.1. The Balaban J connectivity index is 0.00000180. The molecule has 2 fully saturated rings. The van der Waals surface area contributed by atoms with Crippen molar-refractivity contribution in [3.05, 3.63) is 0 Å². The molecule has 0 radical (unpaired) electrons. The van der Waals surface area contributed by atoms with Gasteiger partial charge in [-0.25, -0.2) is 5.14 Å². The number of hydrogen-bond acceptors (Lipinski definition) is 4. The first kappa shape index (κ1) is 16.6. The average Bonchev–Trinajstić information content (AvgIpc) is 2.73. The summed E-state index contributed by atoms with van der Waals surface area (Å²) in [5.74, 6) is -0.0277. The van der Waals surface area contributed by atoms with Crippen molar-refractivity contribution in [1.29, 1.82) is 0 Å². The number of piperazine rings is 1. The van der Waals surface area contributed by atoms with Crippen molar-refractivity contribution in [3.8, 4) is 0 Å². The number of nitrogens with zero attached hydrogens (tertiary/aromatic N) is 2. The maximum atomic E-state index is 12.2. The molecule has 0 aromatic carbocycles. The summed E-state index contributed by atoms with van der Waals surface area (Å²) in [6, 6.07) is -0.0474. The minimum Gasteiger partial charge on any atom is -0.340 e. The zero-order valence-electron chi connectivity index (χ0n) is 10.7. The van der Waals surface area contributed by atoms with Gasteiger partial charge in [0.25, 0.3) is 10.2 Å². The summed E-state index contributed by atoms with van der Waals surface area (Å²) in [5, 5.41) is 5.05. The summed E-state index contributed by atoms with van der Waals surface area (Å²) >= 11 is 0. The van der Waals surface area contributed by atoms with Gasteiger partial charge in [0.1, 0.15) is 0 Å². The van der Waals surface area contributed by atoms with Gasteiger partial charge in [0, 0.05) is 32.2 Å². The Hall–Kier alpha value is -0.410. The van der Waals surface area contributed by atoms with E-state index in [0.29, 0.717) is 13.1 Å². The molecule has 1 aliphatic carbocycles. The predicted molar refractivity (Wildman–Crippen MR) is 73.8 cm³/mol. The van der Waals surface area contributed by atoms with Crippen molar-refractivity contribution in [2.24, 2.45) is 16.8 Å². The number of carbonyl (C=O) groups excluding carboxylic acids is 1. The highest BCUT2D eigenvalue weighted by atomic mass is 35.5. The van der Waals surface area contributed by atoms with E-state index in [2.05, 4.69) is 0 Å². The lowest BCUT2D eigenvalue weighted by Gasteiger charge is -2.35. The highest BCUT2D eigenvalue weighted by Crippen LogP contribution is 2.26. The lowest BCUT2D eigenvalue weighted by atomic mass is 10.0. The second-order valence-corrected chi connectivity index (χ2v) is 6.52. The molecule has 112 valence electrons. The molecule has 0 spiro atoms. The van der Waals surface area contributed by atoms with Gasteiger partial charge in [0.15, 0.2) is 0 Å². The Labute approximate surface area is 119 Å². The number of rotatable bonds is 2. The van der Waals surface area contributed by atoms with E-state index in [9.17, 15) is 13.2 Å². The molecule has 2 unspecified atom stereocenters. The van der Waals surface area contributed by atoms with E-state index in [1.165, 1.54) is 4.31 Å². The number of carbonyl (C=O) groups is 1. The van der Waals surface area contributed by atoms with Gasteiger partial charge < -0.3 is 10.6 Å². The summed E-state index contributed by atoms with van der Waals surface area (Å²) in [7, 11) is -3.63. The summed E-state index contributed by atoms with van der Waals surface area (Å²) in [5.41, 5.74) is 5.91. The first-order chi connectivity index (χ1) is 8.39. The molecular weight excluding hydrogens is 292 g/mol. The molecule has 1 aliphatic heterocycles. The van der Waals surface area contributed by atoms with Crippen LogP contribution in [-0.2, 0) is 15.0 Å². The third kappa shape index (κ3) is 3.79. The van der Waals surface area contributed by atoms with Crippen LogP contribution < -0.4 is 10.9 Å². The molecular formula is C10H21ClN4O3S. The molecule has 4 N–H and O–H groups in total. The van der Waals surface area contributed by atoms with Crippen LogP contribution in [0.1, 0.15) is 19.3 Å². The van der Waals surface area contributed by atoms with Gasteiger partial charge in [-0.1, -0.05) is 6.42 Å². The Morgan fingerprint density at radius 1 is 1.11 bits per heavy atom. The number of hydrogen-bond donors (Lipinski definition) is 2. The van der Waals surface area contributed by atoms with Gasteiger partial charge >= 0.3 is 0 Å². The molecule has 1 saturated heterocycles. The molecule has 0 aromatic heterocycles. The van der Waals surface area contributed by atoms with Crippen molar-refractivity contribution in [2.75, 3.05) is 26.2 Å². The van der Waals surface area contributed by atoms with E-state index >= 15 is 0 Å². The van der Waals surface area contributed by atoms with Gasteiger partial charge in [0.2, 0.25) is 5.91 Å². The minimum atomic E-state index is -3.63. The smallest absolute Gasteiger partial charge is 0.277 e. The second-order valence-electron chi connectivity index (χ2n) is 4.97. The molecule has 1 saturated carbocycles. The van der Waals surface area contributed by atoms with Crippen molar-refractivity contribution in [1.82, 2.24) is 9.21 Å². The standard InChI is InChI=1S/C10H20N4O3S.ClH/c11-9-3-1-2-8(9)10(15)13-4-6-14(7-5-13)18(12,16)17;/h8-9H,1-7,11H2,(H2,12,16,17);1H. The fourth-order valence-corrected chi connectivity index (χ4v) is 3.37. The molecule has 7 nitrogen and oxygen atoms in total. The van der Waals surface area contributed by atoms with Crippen LogP contribution in [0.3, 0.4) is 0 Å². The van der Waals surface area contributed by atoms with Crippen LogP contribution in [0.5, 0.6) is 0 Å². The maximum Gasteiger partial charge on any atom is 0.277 e. The van der Waals surface area contributed by atoms with E-state index < -0.39 is 10.2 Å². The Kier molecular flexibility index (Phi) is 5.57.